The van der Waals surface area contributed by atoms with E-state index in [4.69, 9.17) is 0 Å². The monoisotopic (exact) mass is 256 g/mol. The van der Waals surface area contributed by atoms with Gasteiger partial charge in [-0.3, -0.25) is 9.20 Å². The third-order valence-corrected chi connectivity index (χ3v) is 4.25. The predicted octanol–water partition coefficient (Wildman–Crippen LogP) is 3.13. The van der Waals surface area contributed by atoms with Crippen LogP contribution in [-0.4, -0.2) is 9.38 Å². The van der Waals surface area contributed by atoms with Crippen LogP contribution in [-0.2, 0) is 6.42 Å². The Morgan fingerprint density at radius 2 is 2.05 bits per heavy atom. The summed E-state index contributed by atoms with van der Waals surface area (Å²) in [6, 6.07) is 5.69. The highest BCUT2D eigenvalue weighted by Gasteiger charge is 2.18. The zero-order chi connectivity index (χ0) is 13.2. The molecule has 2 heterocycles. The lowest BCUT2D eigenvalue weighted by Gasteiger charge is -2.21. The fraction of sp³-hybridized carbons (Fsp3) is 0.500. The van der Waals surface area contributed by atoms with Gasteiger partial charge in [-0.25, -0.2) is 4.98 Å². The Kier molecular flexibility index (Phi) is 3.36. The van der Waals surface area contributed by atoms with Gasteiger partial charge in [-0.2, -0.15) is 0 Å². The first kappa shape index (κ1) is 12.4. The largest absolute Gasteiger partial charge is 0.269 e. The van der Waals surface area contributed by atoms with E-state index in [1.54, 1.807) is 4.40 Å². The molecule has 0 radical (unpaired) electrons. The maximum atomic E-state index is 12.5. The summed E-state index contributed by atoms with van der Waals surface area (Å²) in [4.78, 5) is 17.1. The van der Waals surface area contributed by atoms with Crippen LogP contribution in [0.2, 0.25) is 0 Å². The molecule has 3 heteroatoms. The van der Waals surface area contributed by atoms with Crippen LogP contribution in [0.5, 0.6) is 0 Å². The van der Waals surface area contributed by atoms with Gasteiger partial charge in [0.05, 0.1) is 0 Å². The summed E-state index contributed by atoms with van der Waals surface area (Å²) in [6.07, 6.45) is 9.21. The van der Waals surface area contributed by atoms with E-state index in [2.05, 4.69) is 4.98 Å². The van der Waals surface area contributed by atoms with Crippen molar-refractivity contribution in [2.24, 2.45) is 5.92 Å². The molecule has 0 amide bonds. The number of fused-ring (bicyclic) bond motifs is 1. The molecule has 0 N–H and O–H groups in total. The van der Waals surface area contributed by atoms with Gasteiger partial charge in [0.15, 0.2) is 0 Å². The molecule has 1 saturated carbocycles. The Morgan fingerprint density at radius 3 is 2.84 bits per heavy atom. The number of pyridine rings is 1. The van der Waals surface area contributed by atoms with Gasteiger partial charge in [0, 0.05) is 17.5 Å². The molecule has 0 saturated heterocycles. The summed E-state index contributed by atoms with van der Waals surface area (Å²) < 4.78 is 1.67. The highest BCUT2D eigenvalue weighted by atomic mass is 16.1. The lowest BCUT2D eigenvalue weighted by molar-refractivity contribution is 0.355. The number of nitrogens with zero attached hydrogens (tertiary/aromatic N) is 2. The van der Waals surface area contributed by atoms with Crippen molar-refractivity contribution in [1.29, 1.82) is 0 Å². The Balaban J connectivity index is 2.00. The molecule has 0 atom stereocenters. The first-order chi connectivity index (χ1) is 9.25. The standard InChI is InChI=1S/C16H20N2O/c1-12-14(11-13-7-3-2-4-8-13)16(19)18-10-6-5-9-15(18)17-12/h5-6,9-10,13H,2-4,7-8,11H2,1H3. The van der Waals surface area contributed by atoms with E-state index in [1.165, 1.54) is 32.1 Å². The van der Waals surface area contributed by atoms with E-state index >= 15 is 0 Å². The van der Waals surface area contributed by atoms with Crippen LogP contribution in [0.1, 0.15) is 43.4 Å². The normalized spacial score (nSPS) is 16.9. The van der Waals surface area contributed by atoms with Crippen LogP contribution < -0.4 is 5.56 Å². The minimum Gasteiger partial charge on any atom is -0.269 e. The molecular formula is C16H20N2O. The third-order valence-electron chi connectivity index (χ3n) is 4.25. The Labute approximate surface area is 113 Å². The van der Waals surface area contributed by atoms with Gasteiger partial charge in [0.2, 0.25) is 0 Å². The fourth-order valence-corrected chi connectivity index (χ4v) is 3.15. The zero-order valence-corrected chi connectivity index (χ0v) is 11.4. The second-order valence-electron chi connectivity index (χ2n) is 5.62. The third kappa shape index (κ3) is 2.42. The van der Waals surface area contributed by atoms with Gasteiger partial charge in [0.1, 0.15) is 5.65 Å². The molecule has 3 rings (SSSR count). The number of hydrogen-bond donors (Lipinski definition) is 0. The molecule has 0 spiro atoms. The quantitative estimate of drug-likeness (QED) is 0.827. The Hall–Kier alpha value is -1.64. The second-order valence-corrected chi connectivity index (χ2v) is 5.62. The number of rotatable bonds is 2. The lowest BCUT2D eigenvalue weighted by atomic mass is 9.85. The van der Waals surface area contributed by atoms with E-state index in [0.717, 1.165) is 23.3 Å². The van der Waals surface area contributed by atoms with E-state index < -0.39 is 0 Å². The van der Waals surface area contributed by atoms with Crippen molar-refractivity contribution >= 4 is 5.65 Å². The average molecular weight is 256 g/mol. The van der Waals surface area contributed by atoms with Crippen LogP contribution in [0.15, 0.2) is 29.2 Å². The highest BCUT2D eigenvalue weighted by Crippen LogP contribution is 2.26. The van der Waals surface area contributed by atoms with Crippen LogP contribution in [0, 0.1) is 12.8 Å². The topological polar surface area (TPSA) is 34.4 Å². The van der Waals surface area contributed by atoms with Gasteiger partial charge in [-0.1, -0.05) is 38.2 Å². The van der Waals surface area contributed by atoms with E-state index in [-0.39, 0.29) is 5.56 Å². The molecule has 0 bridgehead atoms. The second kappa shape index (κ2) is 5.16. The maximum absolute atomic E-state index is 12.5. The minimum atomic E-state index is 0.119. The van der Waals surface area contributed by atoms with Crippen molar-refractivity contribution in [3.63, 3.8) is 0 Å². The number of aryl methyl sites for hydroxylation is 1. The summed E-state index contributed by atoms with van der Waals surface area (Å²) in [5, 5.41) is 0. The maximum Gasteiger partial charge on any atom is 0.261 e. The molecule has 1 aliphatic rings. The van der Waals surface area contributed by atoms with Gasteiger partial charge < -0.3 is 0 Å². The molecule has 19 heavy (non-hydrogen) atoms. The molecule has 1 fully saturated rings. The van der Waals surface area contributed by atoms with Crippen molar-refractivity contribution in [2.75, 3.05) is 0 Å². The van der Waals surface area contributed by atoms with Crippen LogP contribution in [0.4, 0.5) is 0 Å². The molecule has 2 aromatic rings. The van der Waals surface area contributed by atoms with E-state index in [0.29, 0.717) is 5.92 Å². The van der Waals surface area contributed by atoms with E-state index in [1.807, 2.05) is 31.3 Å². The van der Waals surface area contributed by atoms with Crippen molar-refractivity contribution in [3.8, 4) is 0 Å². The molecule has 100 valence electrons. The summed E-state index contributed by atoms with van der Waals surface area (Å²) in [5.74, 6) is 0.670. The highest BCUT2D eigenvalue weighted by molar-refractivity contribution is 5.40. The SMILES string of the molecule is Cc1nc2ccccn2c(=O)c1CC1CCCCC1. The molecule has 0 unspecified atom stereocenters. The van der Waals surface area contributed by atoms with Crippen molar-refractivity contribution in [2.45, 2.75) is 45.4 Å². The van der Waals surface area contributed by atoms with Gasteiger partial charge in [-0.05, 0) is 31.4 Å². The fourth-order valence-electron chi connectivity index (χ4n) is 3.15. The van der Waals surface area contributed by atoms with Crippen LogP contribution in [0.25, 0.3) is 5.65 Å². The van der Waals surface area contributed by atoms with Gasteiger partial charge in [0.25, 0.3) is 5.56 Å². The minimum absolute atomic E-state index is 0.119. The molecule has 2 aromatic heterocycles. The van der Waals surface area contributed by atoms with Crippen molar-refractivity contribution < 1.29 is 0 Å². The first-order valence-corrected chi connectivity index (χ1v) is 7.22. The summed E-state index contributed by atoms with van der Waals surface area (Å²) in [5.41, 5.74) is 2.68. The molecular weight excluding hydrogens is 236 g/mol. The molecule has 0 aliphatic heterocycles. The van der Waals surface area contributed by atoms with Gasteiger partial charge >= 0.3 is 0 Å². The number of hydrogen-bond acceptors (Lipinski definition) is 2. The Bertz CT molecular complexity index is 639. The number of aromatic nitrogens is 2. The van der Waals surface area contributed by atoms with Crippen molar-refractivity contribution in [1.82, 2.24) is 9.38 Å². The lowest BCUT2D eigenvalue weighted by Crippen LogP contribution is -2.24. The van der Waals surface area contributed by atoms with Crippen LogP contribution >= 0.6 is 0 Å². The average Bonchev–Trinajstić information content (AvgIpc) is 2.45. The summed E-state index contributed by atoms with van der Waals surface area (Å²) in [7, 11) is 0. The van der Waals surface area contributed by atoms with Crippen molar-refractivity contribution in [3.05, 3.63) is 46.0 Å². The van der Waals surface area contributed by atoms with E-state index in [9.17, 15) is 4.79 Å². The first-order valence-electron chi connectivity index (χ1n) is 7.22. The predicted molar refractivity (Wildman–Crippen MR) is 76.5 cm³/mol. The Morgan fingerprint density at radius 1 is 1.26 bits per heavy atom. The molecule has 0 aromatic carbocycles. The zero-order valence-electron chi connectivity index (χ0n) is 11.4. The van der Waals surface area contributed by atoms with Crippen LogP contribution in [0.3, 0.4) is 0 Å². The summed E-state index contributed by atoms with van der Waals surface area (Å²) in [6.45, 7) is 1.96. The van der Waals surface area contributed by atoms with Gasteiger partial charge in [-0.15, -0.1) is 0 Å². The smallest absolute Gasteiger partial charge is 0.261 e. The molecule has 1 aliphatic carbocycles. The summed E-state index contributed by atoms with van der Waals surface area (Å²) >= 11 is 0. The molecule has 3 nitrogen and oxygen atoms in total.